The molecule has 0 atom stereocenters. The van der Waals surface area contributed by atoms with E-state index in [0.717, 1.165) is 10.2 Å². The van der Waals surface area contributed by atoms with Gasteiger partial charge in [0.1, 0.15) is 0 Å². The maximum absolute atomic E-state index is 12.7. The van der Waals surface area contributed by atoms with Crippen molar-refractivity contribution >= 4 is 34.0 Å². The van der Waals surface area contributed by atoms with E-state index in [9.17, 15) is 9.59 Å². The first kappa shape index (κ1) is 18.5. The number of hydrazine groups is 1. The fourth-order valence-corrected chi connectivity index (χ4v) is 2.73. The van der Waals surface area contributed by atoms with E-state index in [4.69, 9.17) is 12.2 Å². The van der Waals surface area contributed by atoms with Crippen LogP contribution in [0.2, 0.25) is 0 Å². The topological polar surface area (TPSA) is 79.3 Å². The molecule has 138 valence electrons. The highest BCUT2D eigenvalue weighted by atomic mass is 32.1. The van der Waals surface area contributed by atoms with Gasteiger partial charge in [-0.2, -0.15) is 5.10 Å². The van der Waals surface area contributed by atoms with Crippen LogP contribution >= 0.6 is 12.2 Å². The molecule has 2 N–H and O–H groups in total. The smallest absolute Gasteiger partial charge is 0.290 e. The van der Waals surface area contributed by atoms with E-state index in [0.29, 0.717) is 22.4 Å². The zero-order chi connectivity index (χ0) is 19.4. The number of hydrogen-bond donors (Lipinski definition) is 2. The Bertz CT molecular complexity index is 1050. The van der Waals surface area contributed by atoms with Crippen LogP contribution in [-0.2, 0) is 13.6 Å². The highest BCUT2D eigenvalue weighted by Gasteiger charge is 2.17. The first-order chi connectivity index (χ1) is 13.0. The monoisotopic (exact) mass is 381 g/mol. The predicted octanol–water partition coefficient (Wildman–Crippen LogP) is 1.58. The van der Waals surface area contributed by atoms with Gasteiger partial charge in [-0.15, -0.1) is 0 Å². The van der Waals surface area contributed by atoms with Gasteiger partial charge in [-0.25, -0.2) is 4.68 Å². The van der Waals surface area contributed by atoms with E-state index in [1.165, 1.54) is 12.1 Å². The number of thiocarbonyl (C=S) groups is 1. The molecule has 0 unspecified atom stereocenters. The lowest BCUT2D eigenvalue weighted by atomic mass is 10.1. The summed E-state index contributed by atoms with van der Waals surface area (Å²) in [5.41, 5.74) is 3.66. The van der Waals surface area contributed by atoms with Crippen LogP contribution in [0.1, 0.15) is 16.1 Å². The van der Waals surface area contributed by atoms with Crippen LogP contribution in [-0.4, -0.2) is 32.9 Å². The van der Waals surface area contributed by atoms with Crippen LogP contribution in [0, 0.1) is 0 Å². The quantitative estimate of drug-likeness (QED) is 0.530. The minimum atomic E-state index is -0.451. The van der Waals surface area contributed by atoms with Crippen molar-refractivity contribution < 1.29 is 4.79 Å². The molecule has 7 nitrogen and oxygen atoms in total. The Labute approximate surface area is 161 Å². The summed E-state index contributed by atoms with van der Waals surface area (Å²) in [5, 5.41) is 9.90. The molecule has 3 rings (SSSR count). The number of nitrogens with zero attached hydrogens (tertiary/aromatic N) is 3. The largest absolute Gasteiger partial charge is 0.357 e. The molecule has 3 aromatic rings. The third kappa shape index (κ3) is 4.12. The molecule has 0 fully saturated rings. The molecule has 0 aliphatic rings. The third-order valence-corrected chi connectivity index (χ3v) is 4.45. The number of hydrogen-bond acceptors (Lipinski definition) is 4. The predicted molar refractivity (Wildman–Crippen MR) is 108 cm³/mol. The van der Waals surface area contributed by atoms with Crippen molar-refractivity contribution in [3.05, 3.63) is 76.2 Å². The first-order valence-electron chi connectivity index (χ1n) is 8.30. The van der Waals surface area contributed by atoms with Crippen LogP contribution in [0.5, 0.6) is 0 Å². The Morgan fingerprint density at radius 3 is 2.44 bits per heavy atom. The van der Waals surface area contributed by atoms with Crippen LogP contribution in [0.25, 0.3) is 10.8 Å². The number of benzene rings is 2. The highest BCUT2D eigenvalue weighted by Crippen LogP contribution is 2.12. The van der Waals surface area contributed by atoms with Gasteiger partial charge in [0.05, 0.1) is 5.39 Å². The average molecular weight is 381 g/mol. The molecule has 0 radical (unpaired) electrons. The molecular weight excluding hydrogens is 362 g/mol. The fraction of sp³-hybridized carbons (Fsp3) is 0.158. The number of rotatable bonds is 3. The van der Waals surface area contributed by atoms with Gasteiger partial charge >= 0.3 is 0 Å². The van der Waals surface area contributed by atoms with Gasteiger partial charge in [0, 0.05) is 26.0 Å². The zero-order valence-electron chi connectivity index (χ0n) is 15.0. The minimum Gasteiger partial charge on any atom is -0.357 e. The average Bonchev–Trinajstić information content (AvgIpc) is 2.69. The second kappa shape index (κ2) is 7.96. The van der Waals surface area contributed by atoms with E-state index < -0.39 is 5.91 Å². The van der Waals surface area contributed by atoms with E-state index in [1.807, 2.05) is 30.3 Å². The molecule has 27 heavy (non-hydrogen) atoms. The lowest BCUT2D eigenvalue weighted by Gasteiger charge is -2.22. The van der Waals surface area contributed by atoms with Crippen molar-refractivity contribution in [3.8, 4) is 0 Å². The number of carbonyl (C=O) groups is 1. The van der Waals surface area contributed by atoms with Crippen molar-refractivity contribution in [2.45, 2.75) is 6.54 Å². The number of carbonyl (C=O) groups excluding carboxylic acids is 1. The molecule has 1 aromatic heterocycles. The van der Waals surface area contributed by atoms with Crippen molar-refractivity contribution in [3.63, 3.8) is 0 Å². The number of nitrogens with one attached hydrogen (secondary N) is 2. The molecule has 1 amide bonds. The van der Waals surface area contributed by atoms with Crippen molar-refractivity contribution in [1.29, 1.82) is 0 Å². The minimum absolute atomic E-state index is 0.158. The summed E-state index contributed by atoms with van der Waals surface area (Å²) in [7, 11) is 3.16. The molecule has 0 aliphatic heterocycles. The van der Waals surface area contributed by atoms with Gasteiger partial charge in [0.25, 0.3) is 11.5 Å². The van der Waals surface area contributed by atoms with Crippen LogP contribution in [0.15, 0.2) is 59.4 Å². The third-order valence-electron chi connectivity index (χ3n) is 4.03. The standard InChI is InChI=1S/C19H19N5O2S/c1-23-18(26)15-11-7-6-10-14(15)16(21-23)17(25)22-24(2)19(27)20-12-13-8-4-3-5-9-13/h3-11H,12H2,1-2H3,(H,20,27)(H,22,25). The first-order valence-corrected chi connectivity index (χ1v) is 8.70. The molecule has 2 aromatic carbocycles. The fourth-order valence-electron chi connectivity index (χ4n) is 2.62. The number of amides is 1. The Morgan fingerprint density at radius 1 is 1.11 bits per heavy atom. The highest BCUT2D eigenvalue weighted by molar-refractivity contribution is 7.80. The molecule has 0 saturated carbocycles. The summed E-state index contributed by atoms with van der Waals surface area (Å²) < 4.78 is 1.16. The molecule has 0 saturated heterocycles. The van der Waals surface area contributed by atoms with Crippen molar-refractivity contribution in [2.24, 2.45) is 7.05 Å². The second-order valence-corrected chi connectivity index (χ2v) is 6.35. The SMILES string of the molecule is CN(NC(=O)c1nn(C)c(=O)c2ccccc12)C(=S)NCc1ccccc1. The van der Waals surface area contributed by atoms with E-state index >= 15 is 0 Å². The van der Waals surface area contributed by atoms with Crippen molar-refractivity contribution in [1.82, 2.24) is 25.5 Å². The molecular formula is C19H19N5O2S. The number of fused-ring (bicyclic) bond motifs is 1. The maximum atomic E-state index is 12.7. The summed E-state index contributed by atoms with van der Waals surface area (Å²) in [4.78, 5) is 24.9. The summed E-state index contributed by atoms with van der Waals surface area (Å²) in [6.45, 7) is 0.543. The normalized spacial score (nSPS) is 10.4. The Morgan fingerprint density at radius 2 is 1.74 bits per heavy atom. The molecule has 8 heteroatoms. The molecule has 0 bridgehead atoms. The lowest BCUT2D eigenvalue weighted by molar-refractivity contribution is 0.0881. The molecule has 0 spiro atoms. The van der Waals surface area contributed by atoms with Gasteiger partial charge in [-0.1, -0.05) is 48.5 Å². The molecule has 1 heterocycles. The van der Waals surface area contributed by atoms with Gasteiger partial charge in [0.15, 0.2) is 10.8 Å². The lowest BCUT2D eigenvalue weighted by Crippen LogP contribution is -2.48. The summed E-state index contributed by atoms with van der Waals surface area (Å²) in [6, 6.07) is 16.7. The molecule has 0 aliphatic carbocycles. The van der Waals surface area contributed by atoms with Gasteiger partial charge in [0.2, 0.25) is 0 Å². The van der Waals surface area contributed by atoms with E-state index in [1.54, 1.807) is 31.3 Å². The van der Waals surface area contributed by atoms with Crippen molar-refractivity contribution in [2.75, 3.05) is 7.05 Å². The van der Waals surface area contributed by atoms with Crippen LogP contribution < -0.4 is 16.3 Å². The second-order valence-electron chi connectivity index (χ2n) is 5.97. The van der Waals surface area contributed by atoms with Crippen LogP contribution in [0.4, 0.5) is 0 Å². The van der Waals surface area contributed by atoms with E-state index in [-0.39, 0.29) is 11.3 Å². The summed E-state index contributed by atoms with van der Waals surface area (Å²) in [6.07, 6.45) is 0. The van der Waals surface area contributed by atoms with Crippen LogP contribution in [0.3, 0.4) is 0 Å². The summed E-state index contributed by atoms with van der Waals surface area (Å²) in [5.74, 6) is -0.451. The Kier molecular flexibility index (Phi) is 5.46. The maximum Gasteiger partial charge on any atom is 0.290 e. The summed E-state index contributed by atoms with van der Waals surface area (Å²) >= 11 is 5.31. The van der Waals surface area contributed by atoms with Gasteiger partial charge < -0.3 is 5.32 Å². The Hall–Kier alpha value is -3.26. The number of aryl methyl sites for hydroxylation is 1. The van der Waals surface area contributed by atoms with Gasteiger partial charge in [-0.3, -0.25) is 20.0 Å². The van der Waals surface area contributed by atoms with E-state index in [2.05, 4.69) is 15.8 Å². The Balaban J connectivity index is 1.73. The zero-order valence-corrected chi connectivity index (χ0v) is 15.8. The van der Waals surface area contributed by atoms with Gasteiger partial charge in [-0.05, 0) is 23.8 Å². The number of aromatic nitrogens is 2.